The van der Waals surface area contributed by atoms with E-state index >= 15 is 0 Å². The van der Waals surface area contributed by atoms with Gasteiger partial charge in [-0.05, 0) is 24.1 Å². The van der Waals surface area contributed by atoms with E-state index in [1.54, 1.807) is 0 Å². The molecule has 0 spiro atoms. The normalized spacial score (nSPS) is 16.3. The molecule has 1 N–H and O–H groups in total. The van der Waals surface area contributed by atoms with E-state index in [1.165, 1.54) is 11.3 Å². The van der Waals surface area contributed by atoms with Crippen LogP contribution in [0.4, 0.5) is 5.69 Å². The number of benzene rings is 1. The van der Waals surface area contributed by atoms with E-state index in [0.717, 1.165) is 49.6 Å². The van der Waals surface area contributed by atoms with Crippen molar-refractivity contribution in [2.45, 2.75) is 33.1 Å². The third-order valence-electron chi connectivity index (χ3n) is 3.91. The maximum atomic E-state index is 6.04. The number of rotatable bonds is 3. The van der Waals surface area contributed by atoms with Crippen LogP contribution in [-0.4, -0.2) is 31.2 Å². The molecule has 1 aliphatic rings. The van der Waals surface area contributed by atoms with E-state index in [-0.39, 0.29) is 0 Å². The molecule has 1 aromatic carbocycles. The first kappa shape index (κ1) is 13.4. The molecule has 0 saturated carbocycles. The van der Waals surface area contributed by atoms with E-state index < -0.39 is 0 Å². The van der Waals surface area contributed by atoms with Gasteiger partial charge in [0.05, 0.1) is 5.69 Å². The molecule has 20 heavy (non-hydrogen) atoms. The summed E-state index contributed by atoms with van der Waals surface area (Å²) in [7, 11) is 0. The van der Waals surface area contributed by atoms with Crippen LogP contribution in [0, 0.1) is 0 Å². The summed E-state index contributed by atoms with van der Waals surface area (Å²) in [5, 5.41) is 3.40. The maximum Gasteiger partial charge on any atom is 0.198 e. The molecular weight excluding hydrogens is 250 g/mol. The third kappa shape index (κ3) is 2.40. The van der Waals surface area contributed by atoms with Crippen molar-refractivity contribution in [3.8, 4) is 0 Å². The zero-order valence-electron chi connectivity index (χ0n) is 12.6. The molecule has 1 fully saturated rings. The predicted molar refractivity (Wildman–Crippen MR) is 82.6 cm³/mol. The van der Waals surface area contributed by atoms with Crippen molar-refractivity contribution in [1.29, 1.82) is 0 Å². The molecule has 1 aliphatic heterocycles. The summed E-state index contributed by atoms with van der Waals surface area (Å²) in [6, 6.07) is 4.43. The van der Waals surface area contributed by atoms with E-state index in [1.807, 2.05) is 0 Å². The van der Waals surface area contributed by atoms with Gasteiger partial charge in [-0.3, -0.25) is 0 Å². The number of hydrogen-bond donors (Lipinski definition) is 1. The number of hydrogen-bond acceptors (Lipinski definition) is 4. The highest BCUT2D eigenvalue weighted by Gasteiger charge is 2.19. The van der Waals surface area contributed by atoms with Gasteiger partial charge in [0.25, 0.3) is 0 Å². The molecule has 0 radical (unpaired) electrons. The molecule has 1 aromatic heterocycles. The van der Waals surface area contributed by atoms with E-state index in [9.17, 15) is 0 Å². The van der Waals surface area contributed by atoms with Gasteiger partial charge >= 0.3 is 0 Å². The molecule has 2 heterocycles. The number of oxazole rings is 1. The van der Waals surface area contributed by atoms with Gasteiger partial charge in [-0.15, -0.1) is 0 Å². The Balaban J connectivity index is 2.11. The van der Waals surface area contributed by atoms with Crippen LogP contribution in [0.3, 0.4) is 0 Å². The van der Waals surface area contributed by atoms with Crippen molar-refractivity contribution in [1.82, 2.24) is 10.3 Å². The maximum absolute atomic E-state index is 6.04. The lowest BCUT2D eigenvalue weighted by molar-refractivity contribution is 0.499. The van der Waals surface area contributed by atoms with Crippen molar-refractivity contribution in [3.05, 3.63) is 23.6 Å². The zero-order valence-corrected chi connectivity index (χ0v) is 12.6. The van der Waals surface area contributed by atoms with Crippen molar-refractivity contribution in [3.63, 3.8) is 0 Å². The molecule has 4 nitrogen and oxygen atoms in total. The summed E-state index contributed by atoms with van der Waals surface area (Å²) in [6.07, 6.45) is 1.03. The van der Waals surface area contributed by atoms with Gasteiger partial charge in [0.15, 0.2) is 11.5 Å². The number of fused-ring (bicyclic) bond motifs is 1. The molecular formula is C16H23N3O. The number of piperazine rings is 1. The standard InChI is InChI=1S/C16H23N3O/c1-4-12-9-13-15(20-16(18-13)11(2)3)14(10-12)19-7-5-17-6-8-19/h9-11,17H,4-8H2,1-3H3. The lowest BCUT2D eigenvalue weighted by atomic mass is 10.1. The highest BCUT2D eigenvalue weighted by Crippen LogP contribution is 2.32. The zero-order chi connectivity index (χ0) is 14.1. The summed E-state index contributed by atoms with van der Waals surface area (Å²) in [6.45, 7) is 10.5. The smallest absolute Gasteiger partial charge is 0.198 e. The second kappa shape index (κ2) is 5.44. The van der Waals surface area contributed by atoms with Crippen LogP contribution >= 0.6 is 0 Å². The summed E-state index contributed by atoms with van der Waals surface area (Å²) >= 11 is 0. The molecule has 2 aromatic rings. The van der Waals surface area contributed by atoms with E-state index in [0.29, 0.717) is 5.92 Å². The van der Waals surface area contributed by atoms with Gasteiger partial charge < -0.3 is 14.6 Å². The van der Waals surface area contributed by atoms with Crippen molar-refractivity contribution < 1.29 is 4.42 Å². The molecule has 108 valence electrons. The second-order valence-electron chi connectivity index (χ2n) is 5.76. The van der Waals surface area contributed by atoms with Crippen molar-refractivity contribution in [2.24, 2.45) is 0 Å². The van der Waals surface area contributed by atoms with Crippen LogP contribution in [0.5, 0.6) is 0 Å². The van der Waals surface area contributed by atoms with Gasteiger partial charge in [0.1, 0.15) is 5.52 Å². The Morgan fingerprint density at radius 1 is 1.30 bits per heavy atom. The number of anilines is 1. The van der Waals surface area contributed by atoms with Gasteiger partial charge in [-0.25, -0.2) is 4.98 Å². The van der Waals surface area contributed by atoms with E-state index in [4.69, 9.17) is 4.42 Å². The molecule has 0 bridgehead atoms. The molecule has 0 amide bonds. The quantitative estimate of drug-likeness (QED) is 0.933. The fraction of sp³-hybridized carbons (Fsp3) is 0.562. The third-order valence-corrected chi connectivity index (χ3v) is 3.91. The first-order valence-electron chi connectivity index (χ1n) is 7.58. The van der Waals surface area contributed by atoms with Gasteiger partial charge in [-0.1, -0.05) is 20.8 Å². The average molecular weight is 273 g/mol. The van der Waals surface area contributed by atoms with Gasteiger partial charge in [0, 0.05) is 32.1 Å². The average Bonchev–Trinajstić information content (AvgIpc) is 2.91. The Hall–Kier alpha value is -1.55. The van der Waals surface area contributed by atoms with Crippen molar-refractivity contribution in [2.75, 3.05) is 31.1 Å². The number of nitrogens with zero attached hydrogens (tertiary/aromatic N) is 2. The summed E-state index contributed by atoms with van der Waals surface area (Å²) in [4.78, 5) is 7.08. The van der Waals surface area contributed by atoms with Crippen LogP contribution in [0.2, 0.25) is 0 Å². The number of nitrogens with one attached hydrogen (secondary N) is 1. The van der Waals surface area contributed by atoms with Gasteiger partial charge in [-0.2, -0.15) is 0 Å². The summed E-state index contributed by atoms with van der Waals surface area (Å²) < 4.78 is 6.04. The second-order valence-corrected chi connectivity index (χ2v) is 5.76. The minimum Gasteiger partial charge on any atom is -0.438 e. The fourth-order valence-electron chi connectivity index (χ4n) is 2.68. The highest BCUT2D eigenvalue weighted by molar-refractivity contribution is 5.88. The largest absolute Gasteiger partial charge is 0.438 e. The lowest BCUT2D eigenvalue weighted by Gasteiger charge is -2.29. The predicted octanol–water partition coefficient (Wildman–Crippen LogP) is 2.92. The molecule has 0 unspecified atom stereocenters. The molecule has 0 atom stereocenters. The van der Waals surface area contributed by atoms with Crippen LogP contribution in [0.25, 0.3) is 11.1 Å². The Kier molecular flexibility index (Phi) is 3.66. The monoisotopic (exact) mass is 273 g/mol. The Morgan fingerprint density at radius 3 is 2.70 bits per heavy atom. The molecule has 4 heteroatoms. The minimum atomic E-state index is 0.323. The fourth-order valence-corrected chi connectivity index (χ4v) is 2.68. The molecule has 1 saturated heterocycles. The lowest BCUT2D eigenvalue weighted by Crippen LogP contribution is -2.43. The van der Waals surface area contributed by atoms with Crippen LogP contribution in [0.1, 0.15) is 38.1 Å². The Morgan fingerprint density at radius 2 is 2.05 bits per heavy atom. The first-order valence-corrected chi connectivity index (χ1v) is 7.58. The SMILES string of the molecule is CCc1cc(N2CCNCC2)c2oc(C(C)C)nc2c1. The highest BCUT2D eigenvalue weighted by atomic mass is 16.3. The number of aromatic nitrogens is 1. The van der Waals surface area contributed by atoms with Crippen LogP contribution in [-0.2, 0) is 6.42 Å². The van der Waals surface area contributed by atoms with E-state index in [2.05, 4.69) is 48.1 Å². The minimum absolute atomic E-state index is 0.323. The van der Waals surface area contributed by atoms with Gasteiger partial charge in [0.2, 0.25) is 0 Å². The van der Waals surface area contributed by atoms with Crippen LogP contribution < -0.4 is 10.2 Å². The summed E-state index contributed by atoms with van der Waals surface area (Å²) in [5.41, 5.74) is 4.49. The van der Waals surface area contributed by atoms with Crippen molar-refractivity contribution >= 4 is 16.8 Å². The number of aryl methyl sites for hydroxylation is 1. The van der Waals surface area contributed by atoms with Crippen LogP contribution in [0.15, 0.2) is 16.5 Å². The Bertz CT molecular complexity index is 597. The topological polar surface area (TPSA) is 41.3 Å². The summed E-state index contributed by atoms with van der Waals surface area (Å²) in [5.74, 6) is 1.16. The Labute approximate surface area is 120 Å². The first-order chi connectivity index (χ1) is 9.69. The molecule has 0 aliphatic carbocycles. The molecule has 3 rings (SSSR count).